The predicted octanol–water partition coefficient (Wildman–Crippen LogP) is 4.71. The molecule has 2 N–H and O–H groups in total. The molecule has 3 aromatic carbocycles. The van der Waals surface area contributed by atoms with Gasteiger partial charge in [-0.15, -0.1) is 6.58 Å². The number of aromatic amines is 1. The molecule has 2 atom stereocenters. The minimum atomic E-state index is -0.779. The van der Waals surface area contributed by atoms with Gasteiger partial charge < -0.3 is 10.3 Å². The van der Waals surface area contributed by atoms with E-state index in [2.05, 4.69) is 16.9 Å². The van der Waals surface area contributed by atoms with E-state index in [1.807, 2.05) is 24.3 Å². The Bertz CT molecular complexity index is 1580. The number of nitrogens with zero attached hydrogens (tertiary/aromatic N) is 2. The van der Waals surface area contributed by atoms with E-state index in [0.29, 0.717) is 12.0 Å². The van der Waals surface area contributed by atoms with Crippen molar-refractivity contribution in [1.29, 1.82) is 0 Å². The zero-order valence-electron chi connectivity index (χ0n) is 19.8. The fourth-order valence-electron chi connectivity index (χ4n) is 5.41. The maximum atomic E-state index is 14.0. The molecule has 0 spiro atoms. The van der Waals surface area contributed by atoms with Gasteiger partial charge >= 0.3 is 6.03 Å². The monoisotopic (exact) mass is 494 g/mol. The van der Waals surface area contributed by atoms with E-state index in [1.165, 1.54) is 12.1 Å². The first-order valence-electron chi connectivity index (χ1n) is 12.0. The zero-order valence-corrected chi connectivity index (χ0v) is 19.8. The van der Waals surface area contributed by atoms with Crippen LogP contribution in [0.3, 0.4) is 0 Å². The molecule has 2 aliphatic rings. The number of para-hydroxylation sites is 2. The number of hydrogen-bond acceptors (Lipinski definition) is 3. The molecule has 4 aromatic rings. The number of imide groups is 1. The second-order valence-corrected chi connectivity index (χ2v) is 9.12. The minimum absolute atomic E-state index is 0.216. The van der Waals surface area contributed by atoms with Gasteiger partial charge in [-0.1, -0.05) is 48.5 Å². The van der Waals surface area contributed by atoms with Crippen molar-refractivity contribution >= 4 is 34.4 Å². The van der Waals surface area contributed by atoms with Crippen molar-refractivity contribution in [3.05, 3.63) is 114 Å². The van der Waals surface area contributed by atoms with E-state index < -0.39 is 35.7 Å². The van der Waals surface area contributed by atoms with Crippen molar-refractivity contribution in [1.82, 2.24) is 15.2 Å². The first-order chi connectivity index (χ1) is 18.0. The number of anilines is 1. The van der Waals surface area contributed by atoms with Crippen LogP contribution in [0, 0.1) is 5.82 Å². The lowest BCUT2D eigenvalue weighted by Gasteiger charge is -2.36. The SMILES string of the molecule is C=CCNC(=O)c1ccccc1N1C(=O)[C@@H]2Cc3c([nH]c4ccccc34)C(c3ccc(F)cc3)N2C1=O. The molecule has 1 saturated heterocycles. The summed E-state index contributed by atoms with van der Waals surface area (Å²) in [7, 11) is 0. The third-order valence-corrected chi connectivity index (χ3v) is 7.03. The summed E-state index contributed by atoms with van der Waals surface area (Å²) in [5, 5.41) is 3.69. The molecule has 1 aromatic heterocycles. The topological polar surface area (TPSA) is 85.5 Å². The number of urea groups is 1. The number of nitrogens with one attached hydrogen (secondary N) is 2. The van der Waals surface area contributed by atoms with Crippen LogP contribution in [-0.4, -0.2) is 40.3 Å². The number of H-pyrrole nitrogens is 1. The Hall–Kier alpha value is -4.72. The van der Waals surface area contributed by atoms with Gasteiger partial charge in [0.25, 0.3) is 11.8 Å². The van der Waals surface area contributed by atoms with E-state index in [0.717, 1.165) is 27.1 Å². The molecule has 4 amide bonds. The first kappa shape index (κ1) is 22.7. The normalized spacial score (nSPS) is 18.6. The lowest BCUT2D eigenvalue weighted by Crippen LogP contribution is -2.44. The summed E-state index contributed by atoms with van der Waals surface area (Å²) < 4.78 is 13.8. The Labute approximate surface area is 212 Å². The highest BCUT2D eigenvalue weighted by Crippen LogP contribution is 2.45. The second-order valence-electron chi connectivity index (χ2n) is 9.12. The summed E-state index contributed by atoms with van der Waals surface area (Å²) in [5.41, 5.74) is 3.77. The van der Waals surface area contributed by atoms with E-state index in [4.69, 9.17) is 0 Å². The number of amides is 4. The van der Waals surface area contributed by atoms with Gasteiger partial charge in [-0.2, -0.15) is 0 Å². The van der Waals surface area contributed by atoms with Crippen LogP contribution in [-0.2, 0) is 11.2 Å². The maximum Gasteiger partial charge on any atom is 0.332 e. The molecule has 2 aliphatic heterocycles. The summed E-state index contributed by atoms with van der Waals surface area (Å²) in [6.07, 6.45) is 1.88. The zero-order chi connectivity index (χ0) is 25.7. The van der Waals surface area contributed by atoms with Gasteiger partial charge in [0.05, 0.1) is 11.3 Å². The number of hydrogen-bond donors (Lipinski definition) is 2. The third kappa shape index (κ3) is 3.52. The van der Waals surface area contributed by atoms with Gasteiger partial charge in [0.1, 0.15) is 17.9 Å². The van der Waals surface area contributed by atoms with Crippen LogP contribution in [0.4, 0.5) is 14.9 Å². The summed E-state index contributed by atoms with van der Waals surface area (Å²) in [6.45, 7) is 3.86. The van der Waals surface area contributed by atoms with Crippen LogP contribution < -0.4 is 10.2 Å². The fraction of sp³-hybridized carbons (Fsp3) is 0.138. The summed E-state index contributed by atoms with van der Waals surface area (Å²) in [5.74, 6) is -1.21. The molecule has 1 fully saturated rings. The van der Waals surface area contributed by atoms with Crippen LogP contribution in [0.1, 0.15) is 33.2 Å². The smallest absolute Gasteiger partial charge is 0.332 e. The number of benzene rings is 3. The van der Waals surface area contributed by atoms with Gasteiger partial charge in [0.2, 0.25) is 0 Å². The highest BCUT2D eigenvalue weighted by atomic mass is 19.1. The molecule has 0 radical (unpaired) electrons. The Morgan fingerprint density at radius 2 is 1.78 bits per heavy atom. The Morgan fingerprint density at radius 3 is 2.57 bits per heavy atom. The van der Waals surface area contributed by atoms with Crippen molar-refractivity contribution in [3.8, 4) is 0 Å². The van der Waals surface area contributed by atoms with E-state index in [1.54, 1.807) is 47.4 Å². The minimum Gasteiger partial charge on any atom is -0.356 e. The number of rotatable bonds is 5. The van der Waals surface area contributed by atoms with Gasteiger partial charge in [-0.25, -0.2) is 14.1 Å². The molecule has 0 bridgehead atoms. The third-order valence-electron chi connectivity index (χ3n) is 7.03. The number of carbonyl (C=O) groups excluding carboxylic acids is 3. The molecule has 0 saturated carbocycles. The van der Waals surface area contributed by atoms with Crippen LogP contribution >= 0.6 is 0 Å². The Balaban J connectivity index is 1.49. The quantitative estimate of drug-likeness (QED) is 0.311. The van der Waals surface area contributed by atoms with Crippen molar-refractivity contribution in [2.45, 2.75) is 18.5 Å². The molecule has 1 unspecified atom stereocenters. The van der Waals surface area contributed by atoms with Gasteiger partial charge in [0, 0.05) is 29.6 Å². The number of aromatic nitrogens is 1. The molecule has 184 valence electrons. The Kier molecular flexibility index (Phi) is 5.37. The van der Waals surface area contributed by atoms with Gasteiger partial charge in [-0.05, 0) is 41.5 Å². The predicted molar refractivity (Wildman–Crippen MR) is 138 cm³/mol. The van der Waals surface area contributed by atoms with Gasteiger partial charge in [0.15, 0.2) is 0 Å². The summed E-state index contributed by atoms with van der Waals surface area (Å²) >= 11 is 0. The van der Waals surface area contributed by atoms with Crippen LogP contribution in [0.5, 0.6) is 0 Å². The van der Waals surface area contributed by atoms with Gasteiger partial charge in [-0.3, -0.25) is 14.5 Å². The Morgan fingerprint density at radius 1 is 1.05 bits per heavy atom. The number of halogens is 1. The van der Waals surface area contributed by atoms with E-state index in [-0.39, 0.29) is 17.8 Å². The molecule has 3 heterocycles. The largest absolute Gasteiger partial charge is 0.356 e. The lowest BCUT2D eigenvalue weighted by atomic mass is 9.89. The molecule has 37 heavy (non-hydrogen) atoms. The highest BCUT2D eigenvalue weighted by molar-refractivity contribution is 6.24. The van der Waals surface area contributed by atoms with E-state index in [9.17, 15) is 18.8 Å². The molecular weight excluding hydrogens is 471 g/mol. The summed E-state index contributed by atoms with van der Waals surface area (Å²) in [4.78, 5) is 46.8. The van der Waals surface area contributed by atoms with Crippen LogP contribution in [0.25, 0.3) is 10.9 Å². The highest BCUT2D eigenvalue weighted by Gasteiger charge is 2.53. The number of carbonyl (C=O) groups is 3. The van der Waals surface area contributed by atoms with Crippen molar-refractivity contribution < 1.29 is 18.8 Å². The van der Waals surface area contributed by atoms with Crippen molar-refractivity contribution in [3.63, 3.8) is 0 Å². The van der Waals surface area contributed by atoms with E-state index >= 15 is 0 Å². The average molecular weight is 495 g/mol. The van der Waals surface area contributed by atoms with Crippen molar-refractivity contribution in [2.24, 2.45) is 0 Å². The maximum absolute atomic E-state index is 14.0. The molecule has 7 nitrogen and oxygen atoms in total. The number of fused-ring (bicyclic) bond motifs is 4. The second kappa shape index (κ2) is 8.74. The average Bonchev–Trinajstić information content (AvgIpc) is 3.41. The summed E-state index contributed by atoms with van der Waals surface area (Å²) in [6, 6.07) is 18.4. The fourth-order valence-corrected chi connectivity index (χ4v) is 5.41. The lowest BCUT2D eigenvalue weighted by molar-refractivity contribution is -0.120. The molecule has 6 rings (SSSR count). The van der Waals surface area contributed by atoms with Crippen LogP contribution in [0.15, 0.2) is 85.5 Å². The van der Waals surface area contributed by atoms with Crippen LogP contribution in [0.2, 0.25) is 0 Å². The molecule has 8 heteroatoms. The van der Waals surface area contributed by atoms with Crippen molar-refractivity contribution in [2.75, 3.05) is 11.4 Å². The molecule has 0 aliphatic carbocycles. The standard InChI is InChI=1S/C29H23FN4O3/c1-2-15-31-27(35)20-8-4-6-10-23(20)34-28(36)24-16-21-19-7-3-5-9-22(19)32-25(21)26(33(24)29(34)37)17-11-13-18(30)14-12-17/h2-14,24,26,32H,1,15-16H2,(H,31,35)/t24-,26?/m0/s1. The molecular formula is C29H23FN4O3. The first-order valence-corrected chi connectivity index (χ1v) is 12.0.